The third kappa shape index (κ3) is 4.02. The normalized spacial score (nSPS) is 15.3. The fraction of sp³-hybridized carbons (Fsp3) is 0.259. The number of hydrogen-bond donors (Lipinski definition) is 1. The summed E-state index contributed by atoms with van der Waals surface area (Å²) in [5.74, 6) is 0.948. The lowest BCUT2D eigenvalue weighted by Gasteiger charge is -2.16. The van der Waals surface area contributed by atoms with Gasteiger partial charge in [0.15, 0.2) is 0 Å². The molecule has 0 bridgehead atoms. The Morgan fingerprint density at radius 1 is 1.03 bits per heavy atom. The zero-order valence-electron chi connectivity index (χ0n) is 18.3. The van der Waals surface area contributed by atoms with Crippen LogP contribution in [0, 0.1) is 5.82 Å². The molecule has 1 aliphatic carbocycles. The molecule has 0 unspecified atom stereocenters. The molecule has 0 saturated heterocycles. The van der Waals surface area contributed by atoms with Crippen molar-refractivity contribution in [1.29, 1.82) is 0 Å². The number of fused-ring (bicyclic) bond motifs is 1. The first-order valence-corrected chi connectivity index (χ1v) is 11.5. The molecule has 0 spiro atoms. The van der Waals surface area contributed by atoms with Crippen LogP contribution in [0.2, 0.25) is 0 Å². The molecule has 6 rings (SSSR count). The van der Waals surface area contributed by atoms with Gasteiger partial charge in [-0.25, -0.2) is 4.39 Å². The monoisotopic (exact) mass is 440 g/mol. The maximum absolute atomic E-state index is 15.4. The molecule has 33 heavy (non-hydrogen) atoms. The molecule has 1 fully saturated rings. The van der Waals surface area contributed by atoms with Gasteiger partial charge in [-0.15, -0.1) is 0 Å². The molecule has 4 aromatic rings. The summed E-state index contributed by atoms with van der Waals surface area (Å²) in [7, 11) is 0. The van der Waals surface area contributed by atoms with Crippen molar-refractivity contribution in [1.82, 2.24) is 20.1 Å². The lowest BCUT2D eigenvalue weighted by molar-refractivity contribution is 0.304. The van der Waals surface area contributed by atoms with Gasteiger partial charge in [0, 0.05) is 48.2 Å². The van der Waals surface area contributed by atoms with Crippen LogP contribution in [0.25, 0.3) is 22.4 Å². The van der Waals surface area contributed by atoms with Crippen LogP contribution in [0.4, 0.5) is 4.39 Å². The van der Waals surface area contributed by atoms with E-state index in [0.717, 1.165) is 47.1 Å². The van der Waals surface area contributed by atoms with Gasteiger partial charge in [0.2, 0.25) is 0 Å². The van der Waals surface area contributed by atoms with Crippen molar-refractivity contribution in [3.63, 3.8) is 0 Å². The van der Waals surface area contributed by atoms with E-state index in [1.807, 2.05) is 22.9 Å². The molecule has 166 valence electrons. The van der Waals surface area contributed by atoms with E-state index in [9.17, 15) is 0 Å². The van der Waals surface area contributed by atoms with E-state index in [4.69, 9.17) is 9.84 Å². The van der Waals surface area contributed by atoms with E-state index in [1.54, 1.807) is 18.5 Å². The van der Waals surface area contributed by atoms with Crippen molar-refractivity contribution in [3.05, 3.63) is 89.6 Å². The Morgan fingerprint density at radius 3 is 2.61 bits per heavy atom. The summed E-state index contributed by atoms with van der Waals surface area (Å²) in [6, 6.07) is 17.5. The molecule has 6 heteroatoms. The van der Waals surface area contributed by atoms with E-state index in [1.165, 1.54) is 24.5 Å². The largest absolute Gasteiger partial charge is 0.489 e. The number of pyridine rings is 1. The Labute approximate surface area is 192 Å². The second-order valence-corrected chi connectivity index (χ2v) is 8.75. The molecule has 2 aliphatic rings. The van der Waals surface area contributed by atoms with Gasteiger partial charge >= 0.3 is 0 Å². The van der Waals surface area contributed by atoms with Gasteiger partial charge in [0.25, 0.3) is 0 Å². The molecular weight excluding hydrogens is 415 g/mol. The predicted molar refractivity (Wildman–Crippen MR) is 125 cm³/mol. The third-order valence-electron chi connectivity index (χ3n) is 6.45. The van der Waals surface area contributed by atoms with E-state index in [-0.39, 0.29) is 5.82 Å². The molecule has 2 aromatic heterocycles. The summed E-state index contributed by atoms with van der Waals surface area (Å²) in [5.41, 5.74) is 6.55. The molecular formula is C27H25FN4O. The van der Waals surface area contributed by atoms with Crippen LogP contribution < -0.4 is 10.1 Å². The molecule has 3 heterocycles. The summed E-state index contributed by atoms with van der Waals surface area (Å²) in [4.78, 5) is 4.11. The molecule has 1 aliphatic heterocycles. The van der Waals surface area contributed by atoms with E-state index < -0.39 is 0 Å². The number of hydrogen-bond acceptors (Lipinski definition) is 4. The van der Waals surface area contributed by atoms with Crippen molar-refractivity contribution in [2.75, 3.05) is 6.54 Å². The number of benzene rings is 2. The average Bonchev–Trinajstić information content (AvgIpc) is 3.64. The Hall–Kier alpha value is -3.51. The summed E-state index contributed by atoms with van der Waals surface area (Å²) in [6.07, 6.45) is 6.06. The zero-order valence-corrected chi connectivity index (χ0v) is 18.3. The second-order valence-electron chi connectivity index (χ2n) is 8.75. The number of aromatic nitrogens is 3. The Kier molecular flexibility index (Phi) is 5.15. The Morgan fingerprint density at radius 2 is 1.85 bits per heavy atom. The van der Waals surface area contributed by atoms with E-state index in [0.29, 0.717) is 24.5 Å². The van der Waals surface area contributed by atoms with Gasteiger partial charge in [-0.2, -0.15) is 5.10 Å². The van der Waals surface area contributed by atoms with Crippen LogP contribution in [0.15, 0.2) is 67.0 Å². The fourth-order valence-electron chi connectivity index (χ4n) is 4.51. The number of rotatable bonds is 6. The summed E-state index contributed by atoms with van der Waals surface area (Å²) < 4.78 is 23.3. The van der Waals surface area contributed by atoms with Gasteiger partial charge in [-0.1, -0.05) is 24.3 Å². The van der Waals surface area contributed by atoms with E-state index >= 15 is 4.39 Å². The molecule has 0 atom stereocenters. The number of nitrogens with zero attached hydrogens (tertiary/aromatic N) is 3. The highest BCUT2D eigenvalue weighted by Crippen LogP contribution is 2.40. The first-order valence-electron chi connectivity index (χ1n) is 11.5. The lowest BCUT2D eigenvalue weighted by Crippen LogP contribution is -2.28. The number of ether oxygens (including phenoxy) is 1. The number of halogens is 1. The van der Waals surface area contributed by atoms with Gasteiger partial charge in [-0.05, 0) is 54.2 Å². The summed E-state index contributed by atoms with van der Waals surface area (Å²) in [5, 5.41) is 8.19. The highest BCUT2D eigenvalue weighted by molar-refractivity contribution is 5.83. The summed E-state index contributed by atoms with van der Waals surface area (Å²) >= 11 is 0. The van der Waals surface area contributed by atoms with Crippen LogP contribution in [0.5, 0.6) is 5.75 Å². The minimum atomic E-state index is -0.312. The first-order chi connectivity index (χ1) is 16.3. The van der Waals surface area contributed by atoms with Gasteiger partial charge in [-0.3, -0.25) is 9.67 Å². The molecule has 2 aromatic carbocycles. The van der Waals surface area contributed by atoms with Crippen molar-refractivity contribution < 1.29 is 9.13 Å². The van der Waals surface area contributed by atoms with Crippen LogP contribution >= 0.6 is 0 Å². The van der Waals surface area contributed by atoms with Crippen LogP contribution in [0.1, 0.15) is 35.6 Å². The maximum atomic E-state index is 15.4. The predicted octanol–water partition coefficient (Wildman–Crippen LogP) is 5.31. The second kappa shape index (κ2) is 8.45. The molecule has 1 N–H and O–H groups in total. The first kappa shape index (κ1) is 20.1. The lowest BCUT2D eigenvalue weighted by atomic mass is 9.98. The maximum Gasteiger partial charge on any atom is 0.134 e. The van der Waals surface area contributed by atoms with Crippen molar-refractivity contribution in [3.8, 4) is 28.1 Å². The Balaban J connectivity index is 1.28. The smallest absolute Gasteiger partial charge is 0.134 e. The number of nitrogens with one attached hydrogen (secondary N) is 1. The van der Waals surface area contributed by atoms with Crippen molar-refractivity contribution >= 4 is 0 Å². The highest BCUT2D eigenvalue weighted by Gasteiger charge is 2.25. The van der Waals surface area contributed by atoms with Gasteiger partial charge < -0.3 is 10.1 Å². The topological polar surface area (TPSA) is 52.0 Å². The summed E-state index contributed by atoms with van der Waals surface area (Å²) in [6.45, 7) is 2.68. The Bertz CT molecular complexity index is 1280. The minimum absolute atomic E-state index is 0.312. The third-order valence-corrected chi connectivity index (χ3v) is 6.45. The van der Waals surface area contributed by atoms with Crippen LogP contribution in [-0.2, 0) is 19.7 Å². The van der Waals surface area contributed by atoms with E-state index in [2.05, 4.69) is 34.6 Å². The van der Waals surface area contributed by atoms with Crippen molar-refractivity contribution in [2.45, 2.75) is 38.5 Å². The minimum Gasteiger partial charge on any atom is -0.489 e. The highest BCUT2D eigenvalue weighted by atomic mass is 19.1. The van der Waals surface area contributed by atoms with Gasteiger partial charge in [0.05, 0.1) is 12.2 Å². The standard InChI is InChI=1S/C27H25FN4O/c28-24-15-22(33-17-18-1-3-19(4-2-18)20-5-6-20)7-8-23(24)26-25-16-30-13-14-32(25)31-27(26)21-9-11-29-12-10-21/h1-4,7-12,15,20,30H,5-6,13-14,16-17H2. The average molecular weight is 441 g/mol. The quantitative estimate of drug-likeness (QED) is 0.441. The molecule has 0 radical (unpaired) electrons. The molecule has 1 saturated carbocycles. The SMILES string of the molecule is Fc1cc(OCc2ccc(C3CC3)cc2)ccc1-c1c(-c2ccncc2)nn2c1CNCC2. The zero-order chi connectivity index (χ0) is 22.2. The fourth-order valence-corrected chi connectivity index (χ4v) is 4.51. The molecule has 0 amide bonds. The van der Waals surface area contributed by atoms with Crippen molar-refractivity contribution in [2.24, 2.45) is 0 Å². The van der Waals surface area contributed by atoms with Crippen LogP contribution in [0.3, 0.4) is 0 Å². The van der Waals surface area contributed by atoms with Gasteiger partial charge in [0.1, 0.15) is 23.9 Å². The molecule has 5 nitrogen and oxygen atoms in total. The van der Waals surface area contributed by atoms with Crippen LogP contribution in [-0.4, -0.2) is 21.3 Å².